The van der Waals surface area contributed by atoms with Crippen molar-refractivity contribution in [1.82, 2.24) is 0 Å². The lowest BCUT2D eigenvalue weighted by Crippen LogP contribution is -2.23. The molecule has 0 rings (SSSR count). The number of aliphatic hydroxyl groups excluding tert-OH is 1. The minimum absolute atomic E-state index is 0.0637. The van der Waals surface area contributed by atoms with Crippen LogP contribution in [0.3, 0.4) is 0 Å². The van der Waals surface area contributed by atoms with E-state index in [-0.39, 0.29) is 32.0 Å². The van der Waals surface area contributed by atoms with Gasteiger partial charge in [-0.05, 0) is 19.3 Å². The molecule has 0 aliphatic carbocycles. The van der Waals surface area contributed by atoms with Crippen molar-refractivity contribution in [2.75, 3.05) is 13.2 Å². The first kappa shape index (κ1) is 18.9. The highest BCUT2D eigenvalue weighted by atomic mass is 16.7. The molecule has 0 bridgehead atoms. The lowest BCUT2D eigenvalue weighted by atomic mass is 10.2. The molecule has 0 spiro atoms. The van der Waals surface area contributed by atoms with Crippen molar-refractivity contribution in [3.63, 3.8) is 0 Å². The first-order valence-electron chi connectivity index (χ1n) is 7.23. The van der Waals surface area contributed by atoms with E-state index >= 15 is 0 Å². The molecule has 118 valence electrons. The van der Waals surface area contributed by atoms with E-state index < -0.39 is 12.3 Å². The van der Waals surface area contributed by atoms with Gasteiger partial charge in [0.2, 0.25) is 6.29 Å². The highest BCUT2D eigenvalue weighted by Crippen LogP contribution is 2.11. The van der Waals surface area contributed by atoms with Gasteiger partial charge < -0.3 is 19.7 Å². The average Bonchev–Trinajstić information content (AvgIpc) is 2.40. The smallest absolute Gasteiger partial charge is 0.308 e. The minimum Gasteiger partial charge on any atom is -0.481 e. The van der Waals surface area contributed by atoms with Crippen molar-refractivity contribution in [1.29, 1.82) is 0 Å². The summed E-state index contributed by atoms with van der Waals surface area (Å²) in [5, 5.41) is 17.2. The third kappa shape index (κ3) is 11.9. The van der Waals surface area contributed by atoms with Crippen molar-refractivity contribution in [2.24, 2.45) is 0 Å². The second-order valence-electron chi connectivity index (χ2n) is 4.61. The van der Waals surface area contributed by atoms with Gasteiger partial charge in [0.05, 0.1) is 13.2 Å². The topological polar surface area (TPSA) is 93.1 Å². The molecule has 0 saturated carbocycles. The van der Waals surface area contributed by atoms with E-state index in [9.17, 15) is 9.59 Å². The van der Waals surface area contributed by atoms with Crippen LogP contribution < -0.4 is 0 Å². The third-order valence-corrected chi connectivity index (χ3v) is 2.72. The molecule has 0 saturated heterocycles. The van der Waals surface area contributed by atoms with Crippen LogP contribution in [0.2, 0.25) is 0 Å². The number of hydrogen-bond donors (Lipinski definition) is 2. The van der Waals surface area contributed by atoms with Crippen LogP contribution in [0.25, 0.3) is 0 Å². The Labute approximate surface area is 120 Å². The summed E-state index contributed by atoms with van der Waals surface area (Å²) in [7, 11) is 0. The number of ether oxygens (including phenoxy) is 2. The molecule has 6 nitrogen and oxygen atoms in total. The number of carboxylic acid groups (broad SMARTS) is 1. The van der Waals surface area contributed by atoms with Crippen LogP contribution in [-0.4, -0.2) is 41.7 Å². The monoisotopic (exact) mass is 290 g/mol. The Balaban J connectivity index is 3.87. The maximum Gasteiger partial charge on any atom is 0.308 e. The molecule has 0 radical (unpaired) electrons. The Morgan fingerprint density at radius 3 is 2.40 bits per heavy atom. The van der Waals surface area contributed by atoms with Gasteiger partial charge in [0.1, 0.15) is 0 Å². The molecule has 2 N–H and O–H groups in total. The molecular weight excluding hydrogens is 264 g/mol. The molecule has 0 fully saturated rings. The average molecular weight is 290 g/mol. The first-order chi connectivity index (χ1) is 9.60. The van der Waals surface area contributed by atoms with Gasteiger partial charge in [-0.2, -0.15) is 0 Å². The number of carbonyl (C=O) groups excluding carboxylic acids is 1. The van der Waals surface area contributed by atoms with Gasteiger partial charge in [-0.1, -0.05) is 19.8 Å². The number of rotatable bonds is 13. The summed E-state index contributed by atoms with van der Waals surface area (Å²) in [5.41, 5.74) is 0. The summed E-state index contributed by atoms with van der Waals surface area (Å²) in [4.78, 5) is 21.9. The molecule has 0 aromatic heterocycles. The number of carbonyl (C=O) groups is 2. The molecule has 1 atom stereocenters. The van der Waals surface area contributed by atoms with E-state index in [2.05, 4.69) is 6.92 Å². The molecule has 0 heterocycles. The number of esters is 1. The van der Waals surface area contributed by atoms with Crippen LogP contribution in [0, 0.1) is 0 Å². The number of unbranched alkanes of at least 4 members (excludes halogenated alkanes) is 3. The molecule has 0 aliphatic rings. The normalized spacial score (nSPS) is 12.1. The summed E-state index contributed by atoms with van der Waals surface area (Å²) < 4.78 is 10.5. The zero-order valence-electron chi connectivity index (χ0n) is 12.2. The van der Waals surface area contributed by atoms with Crippen LogP contribution in [0.5, 0.6) is 0 Å². The number of aliphatic hydroxyl groups is 1. The van der Waals surface area contributed by atoms with Crippen LogP contribution in [0.15, 0.2) is 0 Å². The summed E-state index contributed by atoms with van der Waals surface area (Å²) >= 11 is 0. The van der Waals surface area contributed by atoms with E-state index in [0.717, 1.165) is 19.3 Å². The molecule has 20 heavy (non-hydrogen) atoms. The first-order valence-corrected chi connectivity index (χ1v) is 7.23. The van der Waals surface area contributed by atoms with Gasteiger partial charge in [0.25, 0.3) is 0 Å². The van der Waals surface area contributed by atoms with Crippen molar-refractivity contribution in [3.8, 4) is 0 Å². The molecule has 0 amide bonds. The lowest BCUT2D eigenvalue weighted by molar-refractivity contribution is -0.182. The van der Waals surface area contributed by atoms with Crippen molar-refractivity contribution >= 4 is 11.9 Å². The number of hydrogen-bond acceptors (Lipinski definition) is 5. The van der Waals surface area contributed by atoms with E-state index in [1.807, 2.05) is 0 Å². The Hall–Kier alpha value is -1.14. The van der Waals surface area contributed by atoms with Crippen LogP contribution >= 0.6 is 0 Å². The van der Waals surface area contributed by atoms with E-state index in [0.29, 0.717) is 19.3 Å². The highest BCUT2D eigenvalue weighted by molar-refractivity contribution is 5.69. The summed E-state index contributed by atoms with van der Waals surface area (Å²) in [5.74, 6) is -1.24. The fraction of sp³-hybridized carbons (Fsp3) is 0.857. The number of aliphatic carboxylic acids is 1. The van der Waals surface area contributed by atoms with E-state index in [1.54, 1.807) is 0 Å². The summed E-state index contributed by atoms with van der Waals surface area (Å²) in [6.45, 7) is 2.11. The van der Waals surface area contributed by atoms with Crippen molar-refractivity contribution < 1.29 is 29.3 Å². The minimum atomic E-state index is -0.859. The van der Waals surface area contributed by atoms with Crippen LogP contribution in [-0.2, 0) is 19.1 Å². The maximum absolute atomic E-state index is 11.6. The van der Waals surface area contributed by atoms with Gasteiger partial charge in [-0.25, -0.2) is 0 Å². The van der Waals surface area contributed by atoms with Crippen molar-refractivity contribution in [2.45, 2.75) is 64.6 Å². The maximum atomic E-state index is 11.6. The van der Waals surface area contributed by atoms with Crippen LogP contribution in [0.1, 0.15) is 58.3 Å². The Morgan fingerprint density at radius 2 is 1.80 bits per heavy atom. The van der Waals surface area contributed by atoms with Gasteiger partial charge in [-0.3, -0.25) is 9.59 Å². The Kier molecular flexibility index (Phi) is 12.1. The summed E-state index contributed by atoms with van der Waals surface area (Å²) in [6.07, 6.45) is 4.22. The molecule has 1 unspecified atom stereocenters. The van der Waals surface area contributed by atoms with Crippen LogP contribution in [0.4, 0.5) is 0 Å². The molecular formula is C14H26O6. The zero-order chi connectivity index (χ0) is 15.2. The predicted octanol–water partition coefficient (Wildman–Crippen LogP) is 2.09. The second-order valence-corrected chi connectivity index (χ2v) is 4.61. The largest absolute Gasteiger partial charge is 0.481 e. The van der Waals surface area contributed by atoms with E-state index in [1.165, 1.54) is 0 Å². The van der Waals surface area contributed by atoms with Crippen molar-refractivity contribution in [3.05, 3.63) is 0 Å². The molecule has 0 aliphatic heterocycles. The number of carboxylic acids is 1. The van der Waals surface area contributed by atoms with Gasteiger partial charge in [0, 0.05) is 19.3 Å². The molecule has 0 aromatic rings. The Morgan fingerprint density at radius 1 is 1.10 bits per heavy atom. The standard InChI is InChI=1S/C14H26O6/c1-2-3-4-9-14(19-11-10-15)20-13(18)8-6-5-7-12(16)17/h14-15H,2-11H2,1H3,(H,16,17). The Bertz CT molecular complexity index is 266. The predicted molar refractivity (Wildman–Crippen MR) is 73.2 cm³/mol. The highest BCUT2D eigenvalue weighted by Gasteiger charge is 2.14. The quantitative estimate of drug-likeness (QED) is 0.306. The zero-order valence-corrected chi connectivity index (χ0v) is 12.2. The van der Waals surface area contributed by atoms with Gasteiger partial charge in [-0.15, -0.1) is 0 Å². The lowest BCUT2D eigenvalue weighted by Gasteiger charge is -2.18. The SMILES string of the molecule is CCCCCC(OCCO)OC(=O)CCCCC(=O)O. The second kappa shape index (κ2) is 12.9. The van der Waals surface area contributed by atoms with E-state index in [4.69, 9.17) is 19.7 Å². The van der Waals surface area contributed by atoms with Gasteiger partial charge in [0.15, 0.2) is 0 Å². The molecule has 6 heteroatoms. The third-order valence-electron chi connectivity index (χ3n) is 2.72. The summed E-state index contributed by atoms with van der Waals surface area (Å²) in [6, 6.07) is 0. The molecule has 0 aromatic carbocycles. The fourth-order valence-corrected chi connectivity index (χ4v) is 1.67. The fourth-order valence-electron chi connectivity index (χ4n) is 1.67. The van der Waals surface area contributed by atoms with Gasteiger partial charge >= 0.3 is 11.9 Å².